The molecule has 0 aliphatic carbocycles. The molecule has 0 radical (unpaired) electrons. The summed E-state index contributed by atoms with van der Waals surface area (Å²) in [6.07, 6.45) is 0.896. The average Bonchev–Trinajstić information content (AvgIpc) is 2.37. The molecule has 0 heterocycles. The van der Waals surface area contributed by atoms with Gasteiger partial charge in [-0.2, -0.15) is 0 Å². The fourth-order valence-corrected chi connectivity index (χ4v) is 1.94. The van der Waals surface area contributed by atoms with Crippen molar-refractivity contribution < 1.29 is 4.79 Å². The van der Waals surface area contributed by atoms with E-state index < -0.39 is 0 Å². The number of carbonyl (C=O) groups is 1. The van der Waals surface area contributed by atoms with Gasteiger partial charge in [0.2, 0.25) is 5.91 Å². The van der Waals surface area contributed by atoms with Gasteiger partial charge < -0.3 is 10.6 Å². The van der Waals surface area contributed by atoms with Gasteiger partial charge in [-0.25, -0.2) is 0 Å². The summed E-state index contributed by atoms with van der Waals surface area (Å²) >= 11 is 0. The topological polar surface area (TPSA) is 46.3 Å². The maximum atomic E-state index is 11.9. The Labute approximate surface area is 110 Å². The van der Waals surface area contributed by atoms with Crippen molar-refractivity contribution >= 4 is 5.91 Å². The maximum Gasteiger partial charge on any atom is 0.226 e. The van der Waals surface area contributed by atoms with E-state index in [0.29, 0.717) is 6.54 Å². The lowest BCUT2D eigenvalue weighted by molar-refractivity contribution is -0.133. The highest BCUT2D eigenvalue weighted by atomic mass is 16.2. The Morgan fingerprint density at radius 1 is 1.39 bits per heavy atom. The number of likely N-dealkylation sites (N-methyl/N-ethyl adjacent to an activating group) is 1. The maximum absolute atomic E-state index is 11.9. The smallest absolute Gasteiger partial charge is 0.226 e. The SMILES string of the molecule is Cc1ccc(C)c(CCN(C)C(=O)C(C)CN)c1. The predicted molar refractivity (Wildman–Crippen MR) is 75.5 cm³/mol. The molecule has 0 fully saturated rings. The molecule has 0 saturated carbocycles. The minimum atomic E-state index is -0.0893. The van der Waals surface area contributed by atoms with Crippen LogP contribution < -0.4 is 5.73 Å². The molecule has 1 atom stereocenters. The van der Waals surface area contributed by atoms with E-state index in [4.69, 9.17) is 5.73 Å². The van der Waals surface area contributed by atoms with E-state index in [0.717, 1.165) is 13.0 Å². The summed E-state index contributed by atoms with van der Waals surface area (Å²) < 4.78 is 0. The fraction of sp³-hybridized carbons (Fsp3) is 0.533. The van der Waals surface area contributed by atoms with Crippen molar-refractivity contribution in [1.29, 1.82) is 0 Å². The van der Waals surface area contributed by atoms with Crippen molar-refractivity contribution in [2.75, 3.05) is 20.1 Å². The highest BCUT2D eigenvalue weighted by molar-refractivity contribution is 5.78. The molecule has 1 aromatic carbocycles. The molecule has 0 aliphatic heterocycles. The van der Waals surface area contributed by atoms with Crippen LogP contribution in [0, 0.1) is 19.8 Å². The molecule has 100 valence electrons. The van der Waals surface area contributed by atoms with E-state index in [1.54, 1.807) is 4.90 Å². The predicted octanol–water partition coefficient (Wildman–Crippen LogP) is 1.90. The first-order valence-electron chi connectivity index (χ1n) is 6.47. The molecule has 0 bridgehead atoms. The summed E-state index contributed by atoms with van der Waals surface area (Å²) in [6, 6.07) is 6.44. The third kappa shape index (κ3) is 3.84. The Morgan fingerprint density at radius 2 is 2.06 bits per heavy atom. The normalized spacial score (nSPS) is 12.3. The Morgan fingerprint density at radius 3 is 2.67 bits per heavy atom. The third-order valence-corrected chi connectivity index (χ3v) is 3.37. The van der Waals surface area contributed by atoms with Gasteiger partial charge in [-0.15, -0.1) is 0 Å². The van der Waals surface area contributed by atoms with Crippen LogP contribution in [0.1, 0.15) is 23.6 Å². The number of amides is 1. The molecule has 0 spiro atoms. The van der Waals surface area contributed by atoms with Crippen LogP contribution in [0.3, 0.4) is 0 Å². The third-order valence-electron chi connectivity index (χ3n) is 3.37. The van der Waals surface area contributed by atoms with Crippen LogP contribution in [-0.2, 0) is 11.2 Å². The van der Waals surface area contributed by atoms with E-state index in [9.17, 15) is 4.79 Å². The Bertz CT molecular complexity index is 415. The molecule has 0 saturated heterocycles. The lowest BCUT2D eigenvalue weighted by atomic mass is 10.0. The first kappa shape index (κ1) is 14.7. The van der Waals surface area contributed by atoms with Gasteiger partial charge in [-0.05, 0) is 31.4 Å². The monoisotopic (exact) mass is 248 g/mol. The lowest BCUT2D eigenvalue weighted by Gasteiger charge is -2.21. The van der Waals surface area contributed by atoms with Crippen molar-refractivity contribution in [3.63, 3.8) is 0 Å². The number of carbonyl (C=O) groups excluding carboxylic acids is 1. The van der Waals surface area contributed by atoms with Crippen molar-refractivity contribution in [2.24, 2.45) is 11.7 Å². The number of hydrogen-bond donors (Lipinski definition) is 1. The Kier molecular flexibility index (Phi) is 5.35. The lowest BCUT2D eigenvalue weighted by Crippen LogP contribution is -2.36. The molecule has 2 N–H and O–H groups in total. The van der Waals surface area contributed by atoms with E-state index in [-0.39, 0.29) is 11.8 Å². The van der Waals surface area contributed by atoms with E-state index in [1.165, 1.54) is 16.7 Å². The van der Waals surface area contributed by atoms with Crippen LogP contribution in [0.5, 0.6) is 0 Å². The van der Waals surface area contributed by atoms with Crippen LogP contribution in [0.4, 0.5) is 0 Å². The first-order valence-corrected chi connectivity index (χ1v) is 6.47. The molecule has 1 amide bonds. The second-order valence-electron chi connectivity index (χ2n) is 5.08. The van der Waals surface area contributed by atoms with Crippen molar-refractivity contribution in [3.05, 3.63) is 34.9 Å². The molecule has 1 rings (SSSR count). The van der Waals surface area contributed by atoms with Crippen molar-refractivity contribution in [1.82, 2.24) is 4.90 Å². The summed E-state index contributed by atoms with van der Waals surface area (Å²) in [5.74, 6) is 0.0383. The summed E-state index contributed by atoms with van der Waals surface area (Å²) in [4.78, 5) is 13.7. The largest absolute Gasteiger partial charge is 0.345 e. The molecule has 3 heteroatoms. The summed E-state index contributed by atoms with van der Waals surface area (Å²) in [5.41, 5.74) is 9.38. The number of nitrogens with zero attached hydrogens (tertiary/aromatic N) is 1. The summed E-state index contributed by atoms with van der Waals surface area (Å²) in [7, 11) is 1.85. The average molecular weight is 248 g/mol. The zero-order valence-corrected chi connectivity index (χ0v) is 11.9. The molecule has 0 aromatic heterocycles. The molecule has 1 aromatic rings. The Balaban J connectivity index is 2.59. The molecule has 0 aliphatic rings. The minimum absolute atomic E-state index is 0.0893. The number of rotatable bonds is 5. The van der Waals surface area contributed by atoms with E-state index in [2.05, 4.69) is 32.0 Å². The zero-order valence-electron chi connectivity index (χ0n) is 11.9. The van der Waals surface area contributed by atoms with E-state index >= 15 is 0 Å². The van der Waals surface area contributed by atoms with Gasteiger partial charge in [0.15, 0.2) is 0 Å². The minimum Gasteiger partial charge on any atom is -0.345 e. The van der Waals surface area contributed by atoms with Gasteiger partial charge in [-0.3, -0.25) is 4.79 Å². The molecule has 3 nitrogen and oxygen atoms in total. The molecular weight excluding hydrogens is 224 g/mol. The van der Waals surface area contributed by atoms with E-state index in [1.807, 2.05) is 14.0 Å². The number of aryl methyl sites for hydroxylation is 2. The molecular formula is C15H24N2O. The van der Waals surface area contributed by atoms with Crippen LogP contribution >= 0.6 is 0 Å². The van der Waals surface area contributed by atoms with Crippen molar-refractivity contribution in [3.8, 4) is 0 Å². The zero-order chi connectivity index (χ0) is 13.7. The van der Waals surface area contributed by atoms with Gasteiger partial charge in [0, 0.05) is 26.1 Å². The number of hydrogen-bond acceptors (Lipinski definition) is 2. The van der Waals surface area contributed by atoms with Crippen LogP contribution in [0.2, 0.25) is 0 Å². The number of nitrogens with two attached hydrogens (primary N) is 1. The second-order valence-corrected chi connectivity index (χ2v) is 5.08. The van der Waals surface area contributed by atoms with Crippen LogP contribution in [-0.4, -0.2) is 30.9 Å². The van der Waals surface area contributed by atoms with Gasteiger partial charge in [0.25, 0.3) is 0 Å². The highest BCUT2D eigenvalue weighted by Gasteiger charge is 2.15. The molecule has 1 unspecified atom stereocenters. The number of benzene rings is 1. The standard InChI is InChI=1S/C15H24N2O/c1-11-5-6-12(2)14(9-11)7-8-17(4)15(18)13(3)10-16/h5-6,9,13H,7-8,10,16H2,1-4H3. The quantitative estimate of drug-likeness (QED) is 0.865. The van der Waals surface area contributed by atoms with Gasteiger partial charge in [0.05, 0.1) is 0 Å². The van der Waals surface area contributed by atoms with Crippen LogP contribution in [0.15, 0.2) is 18.2 Å². The van der Waals surface area contributed by atoms with Crippen LogP contribution in [0.25, 0.3) is 0 Å². The van der Waals surface area contributed by atoms with Gasteiger partial charge >= 0.3 is 0 Å². The second kappa shape index (κ2) is 6.55. The summed E-state index contributed by atoms with van der Waals surface area (Å²) in [5, 5.41) is 0. The Hall–Kier alpha value is -1.35. The molecule has 18 heavy (non-hydrogen) atoms. The first-order chi connectivity index (χ1) is 8.45. The highest BCUT2D eigenvalue weighted by Crippen LogP contribution is 2.12. The fourth-order valence-electron chi connectivity index (χ4n) is 1.94. The van der Waals surface area contributed by atoms with Gasteiger partial charge in [0.1, 0.15) is 0 Å². The summed E-state index contributed by atoms with van der Waals surface area (Å²) in [6.45, 7) is 7.23. The van der Waals surface area contributed by atoms with Gasteiger partial charge in [-0.1, -0.05) is 30.7 Å². The van der Waals surface area contributed by atoms with Crippen molar-refractivity contribution in [2.45, 2.75) is 27.2 Å².